The Morgan fingerprint density at radius 1 is 1.39 bits per heavy atom. The normalized spacial score (nSPS) is 11.8. The third kappa shape index (κ3) is 2.64. The molecule has 1 aromatic carbocycles. The van der Waals surface area contributed by atoms with Gasteiger partial charge in [0.25, 0.3) is 0 Å². The largest absolute Gasteiger partial charge is 0.374 e. The van der Waals surface area contributed by atoms with Crippen molar-refractivity contribution in [3.8, 4) is 6.07 Å². The van der Waals surface area contributed by atoms with Gasteiger partial charge in [-0.3, -0.25) is 0 Å². The van der Waals surface area contributed by atoms with E-state index in [0.29, 0.717) is 10.7 Å². The first-order valence-electron chi connectivity index (χ1n) is 5.37. The lowest BCUT2D eigenvalue weighted by Crippen LogP contribution is -1.93. The van der Waals surface area contributed by atoms with Crippen LogP contribution in [-0.4, -0.2) is 17.3 Å². The molecule has 1 unspecified atom stereocenters. The Morgan fingerprint density at radius 2 is 2.17 bits per heavy atom. The maximum absolute atomic E-state index is 8.99. The van der Waals surface area contributed by atoms with Crippen LogP contribution in [0.3, 0.4) is 0 Å². The van der Waals surface area contributed by atoms with Crippen molar-refractivity contribution in [3.05, 3.63) is 34.8 Å². The van der Waals surface area contributed by atoms with Crippen LogP contribution in [-0.2, 0) is 4.74 Å². The second-order valence-corrected chi connectivity index (χ2v) is 4.61. The standard InChI is InChI=1S/C12H12N4OS/c1-8(17-2)11-15-16-12(18-11)14-10-6-4-3-5-9(10)7-13/h3-6,8H,1-2H3,(H,14,16). The van der Waals surface area contributed by atoms with E-state index < -0.39 is 0 Å². The molecule has 6 heteroatoms. The number of nitrogens with one attached hydrogen (secondary N) is 1. The molecule has 0 saturated heterocycles. The van der Waals surface area contributed by atoms with Gasteiger partial charge in [-0.2, -0.15) is 5.26 Å². The van der Waals surface area contributed by atoms with Gasteiger partial charge in [-0.25, -0.2) is 0 Å². The van der Waals surface area contributed by atoms with Gasteiger partial charge in [0.2, 0.25) is 5.13 Å². The highest BCUT2D eigenvalue weighted by molar-refractivity contribution is 7.15. The minimum absolute atomic E-state index is 0.0794. The quantitative estimate of drug-likeness (QED) is 0.915. The molecule has 0 saturated carbocycles. The molecule has 1 atom stereocenters. The molecule has 92 valence electrons. The van der Waals surface area contributed by atoms with Crippen LogP contribution < -0.4 is 5.32 Å². The monoisotopic (exact) mass is 260 g/mol. The van der Waals surface area contributed by atoms with Crippen molar-refractivity contribution in [2.45, 2.75) is 13.0 Å². The Bertz CT molecular complexity index is 575. The Labute approximate surface area is 109 Å². The van der Waals surface area contributed by atoms with E-state index in [9.17, 15) is 0 Å². The zero-order chi connectivity index (χ0) is 13.0. The Hall–Kier alpha value is -1.97. The molecule has 0 aliphatic carbocycles. The number of nitriles is 1. The van der Waals surface area contributed by atoms with Gasteiger partial charge in [-0.15, -0.1) is 10.2 Å². The SMILES string of the molecule is COC(C)c1nnc(Nc2ccccc2C#N)s1. The molecule has 0 aliphatic rings. The van der Waals surface area contributed by atoms with E-state index in [1.165, 1.54) is 11.3 Å². The molecule has 2 aromatic rings. The molecule has 0 amide bonds. The number of rotatable bonds is 4. The smallest absolute Gasteiger partial charge is 0.210 e. The topological polar surface area (TPSA) is 70.8 Å². The molecule has 18 heavy (non-hydrogen) atoms. The highest BCUT2D eigenvalue weighted by Crippen LogP contribution is 2.27. The zero-order valence-corrected chi connectivity index (χ0v) is 10.9. The molecular formula is C12H12N4OS. The van der Waals surface area contributed by atoms with Crippen LogP contribution >= 0.6 is 11.3 Å². The van der Waals surface area contributed by atoms with Crippen molar-refractivity contribution in [2.24, 2.45) is 0 Å². The number of anilines is 2. The van der Waals surface area contributed by atoms with E-state index in [-0.39, 0.29) is 6.10 Å². The average Bonchev–Trinajstić information content (AvgIpc) is 2.87. The van der Waals surface area contributed by atoms with Crippen LogP contribution in [0.1, 0.15) is 23.6 Å². The first kappa shape index (κ1) is 12.5. The van der Waals surface area contributed by atoms with Crippen LogP contribution in [0.4, 0.5) is 10.8 Å². The lowest BCUT2D eigenvalue weighted by atomic mass is 10.2. The Balaban J connectivity index is 2.19. The van der Waals surface area contributed by atoms with E-state index >= 15 is 0 Å². The highest BCUT2D eigenvalue weighted by atomic mass is 32.1. The molecule has 0 spiro atoms. The number of aromatic nitrogens is 2. The molecule has 0 bridgehead atoms. The lowest BCUT2D eigenvalue weighted by molar-refractivity contribution is 0.118. The molecule has 0 aliphatic heterocycles. The summed E-state index contributed by atoms with van der Waals surface area (Å²) in [7, 11) is 1.63. The van der Waals surface area contributed by atoms with Crippen LogP contribution in [0.5, 0.6) is 0 Å². The van der Waals surface area contributed by atoms with E-state index in [0.717, 1.165) is 10.7 Å². The van der Waals surface area contributed by atoms with Crippen molar-refractivity contribution >= 4 is 22.2 Å². The van der Waals surface area contributed by atoms with Crippen molar-refractivity contribution in [1.82, 2.24) is 10.2 Å². The molecule has 1 heterocycles. The van der Waals surface area contributed by atoms with Crippen molar-refractivity contribution in [2.75, 3.05) is 12.4 Å². The fourth-order valence-corrected chi connectivity index (χ4v) is 2.14. The summed E-state index contributed by atoms with van der Waals surface area (Å²) in [6, 6.07) is 9.40. The number of nitrogens with zero attached hydrogens (tertiary/aromatic N) is 3. The van der Waals surface area contributed by atoms with Gasteiger partial charge in [0, 0.05) is 7.11 Å². The third-order valence-electron chi connectivity index (χ3n) is 2.43. The number of hydrogen-bond donors (Lipinski definition) is 1. The number of ether oxygens (including phenoxy) is 1. The summed E-state index contributed by atoms with van der Waals surface area (Å²) in [6.07, 6.45) is -0.0794. The second-order valence-electron chi connectivity index (χ2n) is 3.61. The number of benzene rings is 1. The molecular weight excluding hydrogens is 248 g/mol. The summed E-state index contributed by atoms with van der Waals surface area (Å²) >= 11 is 1.41. The van der Waals surface area contributed by atoms with Crippen molar-refractivity contribution in [1.29, 1.82) is 5.26 Å². The van der Waals surface area contributed by atoms with E-state index in [4.69, 9.17) is 10.00 Å². The summed E-state index contributed by atoms with van der Waals surface area (Å²) in [4.78, 5) is 0. The maximum atomic E-state index is 8.99. The summed E-state index contributed by atoms with van der Waals surface area (Å²) in [6.45, 7) is 1.91. The van der Waals surface area contributed by atoms with Crippen molar-refractivity contribution < 1.29 is 4.74 Å². The van der Waals surface area contributed by atoms with E-state index in [1.54, 1.807) is 13.2 Å². The summed E-state index contributed by atoms with van der Waals surface area (Å²) in [5.74, 6) is 0. The van der Waals surface area contributed by atoms with Gasteiger partial charge in [0.05, 0.1) is 11.3 Å². The van der Waals surface area contributed by atoms with Crippen LogP contribution in [0, 0.1) is 11.3 Å². The number of hydrogen-bond acceptors (Lipinski definition) is 6. The van der Waals surface area contributed by atoms with Crippen LogP contribution in [0.15, 0.2) is 24.3 Å². The van der Waals surface area contributed by atoms with E-state index in [2.05, 4.69) is 21.6 Å². The van der Waals surface area contributed by atoms with Gasteiger partial charge in [0.1, 0.15) is 17.2 Å². The fourth-order valence-electron chi connectivity index (χ4n) is 1.36. The van der Waals surface area contributed by atoms with Crippen molar-refractivity contribution in [3.63, 3.8) is 0 Å². The molecule has 1 N–H and O–H groups in total. The second kappa shape index (κ2) is 5.58. The molecule has 1 aromatic heterocycles. The number of para-hydroxylation sites is 1. The third-order valence-corrected chi connectivity index (χ3v) is 3.43. The minimum atomic E-state index is -0.0794. The van der Waals surface area contributed by atoms with Gasteiger partial charge >= 0.3 is 0 Å². The van der Waals surface area contributed by atoms with Gasteiger partial charge < -0.3 is 10.1 Å². The number of methoxy groups -OCH3 is 1. The van der Waals surface area contributed by atoms with E-state index in [1.807, 2.05) is 25.1 Å². The minimum Gasteiger partial charge on any atom is -0.374 e. The van der Waals surface area contributed by atoms with Crippen LogP contribution in [0.2, 0.25) is 0 Å². The fraction of sp³-hybridized carbons (Fsp3) is 0.250. The Morgan fingerprint density at radius 3 is 2.89 bits per heavy atom. The predicted octanol–water partition coefficient (Wildman–Crippen LogP) is 2.86. The molecule has 5 nitrogen and oxygen atoms in total. The Kier molecular flexibility index (Phi) is 3.87. The van der Waals surface area contributed by atoms with Gasteiger partial charge in [0.15, 0.2) is 0 Å². The first-order chi connectivity index (χ1) is 8.74. The average molecular weight is 260 g/mol. The maximum Gasteiger partial charge on any atom is 0.210 e. The van der Waals surface area contributed by atoms with Crippen LogP contribution in [0.25, 0.3) is 0 Å². The van der Waals surface area contributed by atoms with Gasteiger partial charge in [-0.05, 0) is 19.1 Å². The highest BCUT2D eigenvalue weighted by Gasteiger charge is 2.11. The zero-order valence-electron chi connectivity index (χ0n) is 10.0. The summed E-state index contributed by atoms with van der Waals surface area (Å²) in [5.41, 5.74) is 1.31. The summed E-state index contributed by atoms with van der Waals surface area (Å²) < 4.78 is 5.17. The lowest BCUT2D eigenvalue weighted by Gasteiger charge is -2.04. The van der Waals surface area contributed by atoms with Gasteiger partial charge in [-0.1, -0.05) is 23.5 Å². The molecule has 0 fully saturated rings. The molecule has 2 rings (SSSR count). The predicted molar refractivity (Wildman–Crippen MR) is 69.8 cm³/mol. The molecule has 0 radical (unpaired) electrons. The summed E-state index contributed by atoms with van der Waals surface area (Å²) in [5, 5.41) is 21.6. The first-order valence-corrected chi connectivity index (χ1v) is 6.18.